The van der Waals surface area contributed by atoms with Gasteiger partial charge < -0.3 is 14.6 Å². The zero-order valence-electron chi connectivity index (χ0n) is 19.3. The van der Waals surface area contributed by atoms with Crippen LogP contribution < -0.4 is 5.32 Å². The molecule has 178 valence electrons. The van der Waals surface area contributed by atoms with Crippen LogP contribution in [-0.4, -0.2) is 54.6 Å². The predicted molar refractivity (Wildman–Crippen MR) is 123 cm³/mol. The van der Waals surface area contributed by atoms with Crippen molar-refractivity contribution in [2.45, 2.75) is 38.5 Å². The number of benzene rings is 1. The number of para-hydroxylation sites is 1. The van der Waals surface area contributed by atoms with Crippen molar-refractivity contribution in [2.24, 2.45) is 12.5 Å². The number of ketones is 1. The molecule has 1 aromatic heterocycles. The monoisotopic (exact) mass is 475 g/mol. The highest BCUT2D eigenvalue weighted by atomic mass is 32.2. The molecule has 0 aliphatic carbocycles. The van der Waals surface area contributed by atoms with Gasteiger partial charge in [0.2, 0.25) is 10.0 Å². The summed E-state index contributed by atoms with van der Waals surface area (Å²) in [6.45, 7) is 5.75. The summed E-state index contributed by atoms with van der Waals surface area (Å²) in [6.07, 6.45) is 3.03. The first-order chi connectivity index (χ1) is 15.4. The largest absolute Gasteiger partial charge is 0.454 e. The number of nitrogens with zero attached hydrogens (tertiary/aromatic N) is 2. The van der Waals surface area contributed by atoms with E-state index in [1.54, 1.807) is 40.0 Å². The Morgan fingerprint density at radius 1 is 1.09 bits per heavy atom. The number of sulfonamides is 1. The summed E-state index contributed by atoms with van der Waals surface area (Å²) in [5.41, 5.74) is -0.236. The van der Waals surface area contributed by atoms with E-state index >= 15 is 0 Å². The van der Waals surface area contributed by atoms with E-state index in [-0.39, 0.29) is 34.2 Å². The van der Waals surface area contributed by atoms with Crippen LogP contribution in [0.1, 0.15) is 54.5 Å². The van der Waals surface area contributed by atoms with Crippen LogP contribution in [0.15, 0.2) is 41.4 Å². The molecule has 1 amide bonds. The maximum absolute atomic E-state index is 12.9. The highest BCUT2D eigenvalue weighted by molar-refractivity contribution is 7.89. The zero-order chi connectivity index (χ0) is 24.4. The molecule has 0 saturated carbocycles. The second-order valence-electron chi connectivity index (χ2n) is 9.03. The number of carbonyl (C=O) groups is 3. The Bertz CT molecular complexity index is 1170. The minimum absolute atomic E-state index is 0.0467. The van der Waals surface area contributed by atoms with E-state index in [1.807, 2.05) is 0 Å². The fourth-order valence-electron chi connectivity index (χ4n) is 3.36. The number of Topliss-reactive ketones (excluding diaryl/α,β-unsaturated/α-hetero) is 1. The molecule has 10 heteroatoms. The fourth-order valence-corrected chi connectivity index (χ4v) is 4.95. The van der Waals surface area contributed by atoms with Crippen molar-refractivity contribution in [2.75, 3.05) is 25.0 Å². The van der Waals surface area contributed by atoms with Crippen LogP contribution in [0.25, 0.3) is 0 Å². The summed E-state index contributed by atoms with van der Waals surface area (Å²) in [7, 11) is -2.09. The number of amides is 1. The number of anilines is 1. The summed E-state index contributed by atoms with van der Waals surface area (Å²) >= 11 is 0. The lowest BCUT2D eigenvalue weighted by Gasteiger charge is -2.16. The molecule has 33 heavy (non-hydrogen) atoms. The SMILES string of the molecule is Cn1cc(S(=O)(=O)N2CCCC2)cc1C(=O)Nc1ccccc1C(=O)OCC(=O)C(C)(C)C. The summed E-state index contributed by atoms with van der Waals surface area (Å²) in [5, 5.41) is 2.65. The molecule has 0 spiro atoms. The molecular formula is C23H29N3O6S. The van der Waals surface area contributed by atoms with E-state index in [9.17, 15) is 22.8 Å². The van der Waals surface area contributed by atoms with Crippen molar-refractivity contribution in [3.63, 3.8) is 0 Å². The van der Waals surface area contributed by atoms with Crippen molar-refractivity contribution < 1.29 is 27.5 Å². The smallest absolute Gasteiger partial charge is 0.340 e. The van der Waals surface area contributed by atoms with Gasteiger partial charge in [-0.15, -0.1) is 0 Å². The Labute approximate surface area is 193 Å². The number of hydrogen-bond acceptors (Lipinski definition) is 6. The molecule has 0 unspecified atom stereocenters. The second-order valence-corrected chi connectivity index (χ2v) is 11.0. The number of rotatable bonds is 7. The molecule has 2 heterocycles. The maximum Gasteiger partial charge on any atom is 0.340 e. The number of ether oxygens (including phenoxy) is 1. The lowest BCUT2D eigenvalue weighted by molar-refractivity contribution is -0.129. The Morgan fingerprint density at radius 2 is 1.73 bits per heavy atom. The molecule has 0 bridgehead atoms. The molecule has 1 N–H and O–H groups in total. The standard InChI is InChI=1S/C23H29N3O6S/c1-23(2,3)20(27)15-32-22(29)17-9-5-6-10-18(17)24-21(28)19-13-16(14-25(19)4)33(30,31)26-11-7-8-12-26/h5-6,9-10,13-14H,7-8,11-12,15H2,1-4H3,(H,24,28). The molecule has 1 saturated heterocycles. The van der Waals surface area contributed by atoms with Crippen LogP contribution in [0.2, 0.25) is 0 Å². The van der Waals surface area contributed by atoms with Gasteiger partial charge in [-0.1, -0.05) is 32.9 Å². The van der Waals surface area contributed by atoms with Gasteiger partial charge in [0.15, 0.2) is 12.4 Å². The minimum atomic E-state index is -3.67. The molecular weight excluding hydrogens is 446 g/mol. The Kier molecular flexibility index (Phi) is 7.08. The Morgan fingerprint density at radius 3 is 2.36 bits per heavy atom. The van der Waals surface area contributed by atoms with Crippen LogP contribution in [0, 0.1) is 5.41 Å². The molecule has 0 radical (unpaired) electrons. The average molecular weight is 476 g/mol. The van der Waals surface area contributed by atoms with Crippen molar-refractivity contribution in [1.29, 1.82) is 0 Å². The van der Waals surface area contributed by atoms with Gasteiger partial charge in [0.25, 0.3) is 5.91 Å². The van der Waals surface area contributed by atoms with E-state index in [0.29, 0.717) is 13.1 Å². The van der Waals surface area contributed by atoms with Crippen molar-refractivity contribution in [3.05, 3.63) is 47.8 Å². The normalized spacial score (nSPS) is 14.8. The van der Waals surface area contributed by atoms with Gasteiger partial charge in [0.05, 0.1) is 11.3 Å². The first-order valence-corrected chi connectivity index (χ1v) is 12.1. The summed E-state index contributed by atoms with van der Waals surface area (Å²) in [5.74, 6) is -1.55. The van der Waals surface area contributed by atoms with Gasteiger partial charge in [-0.2, -0.15) is 4.31 Å². The van der Waals surface area contributed by atoms with Gasteiger partial charge in [0.1, 0.15) is 10.6 Å². The van der Waals surface area contributed by atoms with Gasteiger partial charge in [0, 0.05) is 31.7 Å². The van der Waals surface area contributed by atoms with Crippen molar-refractivity contribution in [1.82, 2.24) is 8.87 Å². The van der Waals surface area contributed by atoms with Crippen LogP contribution >= 0.6 is 0 Å². The van der Waals surface area contributed by atoms with Gasteiger partial charge in [-0.25, -0.2) is 13.2 Å². The molecule has 2 aromatic rings. The molecule has 1 aliphatic rings. The van der Waals surface area contributed by atoms with E-state index in [4.69, 9.17) is 4.74 Å². The Hall–Kier alpha value is -2.98. The topological polar surface area (TPSA) is 115 Å². The quantitative estimate of drug-likeness (QED) is 0.616. The number of aromatic nitrogens is 1. The van der Waals surface area contributed by atoms with Gasteiger partial charge in [-0.05, 0) is 31.0 Å². The van der Waals surface area contributed by atoms with Crippen molar-refractivity contribution in [3.8, 4) is 0 Å². The number of esters is 1. The summed E-state index contributed by atoms with van der Waals surface area (Å²) in [4.78, 5) is 37.6. The molecule has 1 fully saturated rings. The van der Waals surface area contributed by atoms with Gasteiger partial charge in [-0.3, -0.25) is 9.59 Å². The number of carbonyl (C=O) groups excluding carboxylic acids is 3. The third-order valence-electron chi connectivity index (χ3n) is 5.48. The van der Waals surface area contributed by atoms with E-state index in [0.717, 1.165) is 12.8 Å². The fraction of sp³-hybridized carbons (Fsp3) is 0.435. The van der Waals surface area contributed by atoms with E-state index < -0.39 is 27.3 Å². The number of hydrogen-bond donors (Lipinski definition) is 1. The van der Waals surface area contributed by atoms with Crippen LogP contribution in [0.4, 0.5) is 5.69 Å². The molecule has 3 rings (SSSR count). The minimum Gasteiger partial charge on any atom is -0.454 e. The van der Waals surface area contributed by atoms with E-state index in [1.165, 1.54) is 33.3 Å². The maximum atomic E-state index is 12.9. The zero-order valence-corrected chi connectivity index (χ0v) is 20.1. The number of nitrogens with one attached hydrogen (secondary N) is 1. The molecule has 1 aliphatic heterocycles. The van der Waals surface area contributed by atoms with Crippen molar-refractivity contribution >= 4 is 33.4 Å². The summed E-state index contributed by atoms with van der Waals surface area (Å²) in [6, 6.07) is 7.59. The van der Waals surface area contributed by atoms with Crippen LogP contribution in [0.5, 0.6) is 0 Å². The third kappa shape index (κ3) is 5.51. The number of aryl methyl sites for hydroxylation is 1. The third-order valence-corrected chi connectivity index (χ3v) is 7.35. The lowest BCUT2D eigenvalue weighted by Crippen LogP contribution is -2.27. The van der Waals surface area contributed by atoms with Gasteiger partial charge >= 0.3 is 5.97 Å². The molecule has 0 atom stereocenters. The molecule has 9 nitrogen and oxygen atoms in total. The predicted octanol–water partition coefficient (Wildman–Crippen LogP) is 2.83. The first kappa shape index (κ1) is 24.7. The van der Waals surface area contributed by atoms with Crippen LogP contribution in [0.3, 0.4) is 0 Å². The highest BCUT2D eigenvalue weighted by Gasteiger charge is 2.30. The first-order valence-electron chi connectivity index (χ1n) is 10.7. The molecule has 1 aromatic carbocycles. The average Bonchev–Trinajstić information content (AvgIpc) is 3.42. The second kappa shape index (κ2) is 9.48. The summed E-state index contributed by atoms with van der Waals surface area (Å²) < 4.78 is 33.6. The van der Waals surface area contributed by atoms with E-state index in [2.05, 4.69) is 5.32 Å². The highest BCUT2D eigenvalue weighted by Crippen LogP contribution is 2.24. The van der Waals surface area contributed by atoms with Crippen LogP contribution in [-0.2, 0) is 26.6 Å². The lowest BCUT2D eigenvalue weighted by atomic mass is 9.91. The Balaban J connectivity index is 1.77.